The molecular formula is C14H14INO2S. The maximum absolute atomic E-state index is 12.2. The van der Waals surface area contributed by atoms with Crippen LogP contribution in [-0.2, 0) is 4.74 Å². The van der Waals surface area contributed by atoms with Gasteiger partial charge in [0.05, 0.1) is 12.1 Å². The summed E-state index contributed by atoms with van der Waals surface area (Å²) in [6, 6.07) is 7.99. The van der Waals surface area contributed by atoms with E-state index in [2.05, 4.69) is 21.2 Å². The van der Waals surface area contributed by atoms with Gasteiger partial charge < -0.3 is 4.74 Å². The number of esters is 1. The minimum atomic E-state index is -0.282. The fourth-order valence-corrected chi connectivity index (χ4v) is 3.74. The molecular weight excluding hydrogens is 373 g/mol. The van der Waals surface area contributed by atoms with Gasteiger partial charge in [0, 0.05) is 41.3 Å². The third-order valence-electron chi connectivity index (χ3n) is 2.74. The van der Waals surface area contributed by atoms with Crippen molar-refractivity contribution < 1.29 is 9.53 Å². The number of carbonyl (C=O) groups is 1. The van der Waals surface area contributed by atoms with Crippen LogP contribution in [-0.4, -0.2) is 16.5 Å². The van der Waals surface area contributed by atoms with E-state index in [4.69, 9.17) is 4.74 Å². The molecule has 0 saturated heterocycles. The zero-order valence-corrected chi connectivity index (χ0v) is 13.7. The highest BCUT2D eigenvalue weighted by molar-refractivity contribution is 14.2. The van der Waals surface area contributed by atoms with Crippen molar-refractivity contribution in [2.45, 2.75) is 13.8 Å². The first kappa shape index (κ1) is 14.5. The molecule has 5 heteroatoms. The third-order valence-corrected chi connectivity index (χ3v) is 4.44. The zero-order chi connectivity index (χ0) is 13.8. The number of nitrogens with zero attached hydrogens (tertiary/aromatic N) is 1. The number of rotatable bonds is 4. The summed E-state index contributed by atoms with van der Waals surface area (Å²) in [6.07, 6.45) is 3.89. The van der Waals surface area contributed by atoms with Crippen LogP contribution in [0.25, 0.3) is 17.0 Å². The SMILES string of the molecule is C/C=C/c1c(C(=O)OCC)n(SI)c2ccccc12. The molecule has 2 aromatic rings. The predicted molar refractivity (Wildman–Crippen MR) is 89.6 cm³/mol. The Morgan fingerprint density at radius 2 is 2.21 bits per heavy atom. The molecule has 100 valence electrons. The van der Waals surface area contributed by atoms with Gasteiger partial charge in [-0.1, -0.05) is 30.4 Å². The number of allylic oxidation sites excluding steroid dienone is 1. The quantitative estimate of drug-likeness (QED) is 0.563. The standard InChI is InChI=1S/C14H14INO2S/c1-3-7-11-10-8-5-6-9-12(10)16(19-15)13(11)14(17)18-4-2/h3,5-9H,4H2,1-2H3/b7-3+. The minimum Gasteiger partial charge on any atom is -0.461 e. The fourth-order valence-electron chi connectivity index (χ4n) is 2.04. The Morgan fingerprint density at radius 1 is 1.47 bits per heavy atom. The van der Waals surface area contributed by atoms with Crippen LogP contribution >= 0.6 is 30.3 Å². The Kier molecular flexibility index (Phi) is 4.93. The molecule has 0 bridgehead atoms. The van der Waals surface area contributed by atoms with Crippen LogP contribution in [0.1, 0.15) is 29.9 Å². The van der Waals surface area contributed by atoms with Crippen LogP contribution in [0.4, 0.5) is 0 Å². The number of ether oxygens (including phenoxy) is 1. The van der Waals surface area contributed by atoms with Gasteiger partial charge in [0.25, 0.3) is 0 Å². The number of aromatic nitrogens is 1. The monoisotopic (exact) mass is 387 g/mol. The van der Waals surface area contributed by atoms with Gasteiger partial charge in [0.1, 0.15) is 5.69 Å². The number of benzene rings is 1. The van der Waals surface area contributed by atoms with Gasteiger partial charge in [0.2, 0.25) is 0 Å². The summed E-state index contributed by atoms with van der Waals surface area (Å²) < 4.78 is 7.10. The molecule has 1 aromatic carbocycles. The van der Waals surface area contributed by atoms with Crippen LogP contribution in [0.3, 0.4) is 0 Å². The first-order valence-corrected chi connectivity index (χ1v) is 9.28. The normalized spacial score (nSPS) is 11.3. The molecule has 0 N–H and O–H groups in total. The summed E-state index contributed by atoms with van der Waals surface area (Å²) in [5.41, 5.74) is 2.54. The second-order valence-electron chi connectivity index (χ2n) is 3.86. The van der Waals surface area contributed by atoms with Gasteiger partial charge in [-0.3, -0.25) is 3.97 Å². The Bertz CT molecular complexity index is 634. The lowest BCUT2D eigenvalue weighted by molar-refractivity contribution is 0.0519. The van der Waals surface area contributed by atoms with E-state index in [1.165, 1.54) is 9.12 Å². The molecule has 0 aliphatic heterocycles. The highest BCUT2D eigenvalue weighted by Crippen LogP contribution is 2.34. The highest BCUT2D eigenvalue weighted by atomic mass is 127. The van der Waals surface area contributed by atoms with E-state index in [1.54, 1.807) is 0 Å². The smallest absolute Gasteiger partial charge is 0.356 e. The van der Waals surface area contributed by atoms with E-state index < -0.39 is 0 Å². The molecule has 0 radical (unpaired) electrons. The molecule has 0 amide bonds. The molecule has 3 nitrogen and oxygen atoms in total. The summed E-state index contributed by atoms with van der Waals surface area (Å²) in [5, 5.41) is 1.06. The maximum atomic E-state index is 12.2. The van der Waals surface area contributed by atoms with E-state index in [9.17, 15) is 4.79 Å². The molecule has 0 atom stereocenters. The summed E-state index contributed by atoms with van der Waals surface area (Å²) in [7, 11) is 1.48. The van der Waals surface area contributed by atoms with Crippen molar-refractivity contribution in [2.24, 2.45) is 0 Å². The van der Waals surface area contributed by atoms with Gasteiger partial charge in [-0.25, -0.2) is 4.79 Å². The van der Waals surface area contributed by atoms with Gasteiger partial charge >= 0.3 is 5.97 Å². The van der Waals surface area contributed by atoms with Crippen molar-refractivity contribution in [1.29, 1.82) is 0 Å². The highest BCUT2D eigenvalue weighted by Gasteiger charge is 2.22. The van der Waals surface area contributed by atoms with Gasteiger partial charge in [-0.2, -0.15) is 0 Å². The first-order valence-electron chi connectivity index (χ1n) is 5.96. The summed E-state index contributed by atoms with van der Waals surface area (Å²) in [6.45, 7) is 4.14. The Labute approximate surface area is 128 Å². The lowest BCUT2D eigenvalue weighted by Crippen LogP contribution is -2.09. The molecule has 0 spiro atoms. The fraction of sp³-hybridized carbons (Fsp3) is 0.214. The lowest BCUT2D eigenvalue weighted by atomic mass is 10.1. The van der Waals surface area contributed by atoms with Crippen molar-refractivity contribution in [3.63, 3.8) is 0 Å². The van der Waals surface area contributed by atoms with Crippen molar-refractivity contribution >= 4 is 53.3 Å². The molecule has 0 aliphatic rings. The first-order chi connectivity index (χ1) is 9.24. The van der Waals surface area contributed by atoms with Crippen molar-refractivity contribution in [2.75, 3.05) is 6.61 Å². The number of hydrogen-bond acceptors (Lipinski definition) is 3. The van der Waals surface area contributed by atoms with Crippen LogP contribution < -0.4 is 0 Å². The van der Waals surface area contributed by atoms with E-state index in [0.717, 1.165) is 16.5 Å². The van der Waals surface area contributed by atoms with E-state index in [-0.39, 0.29) is 5.97 Å². The molecule has 0 fully saturated rings. The van der Waals surface area contributed by atoms with Crippen LogP contribution in [0.15, 0.2) is 30.3 Å². The number of hydrogen-bond donors (Lipinski definition) is 0. The predicted octanol–water partition coefficient (Wildman–Crippen LogP) is 4.70. The summed E-state index contributed by atoms with van der Waals surface area (Å²) >= 11 is 2.18. The number of fused-ring (bicyclic) bond motifs is 1. The number of para-hydroxylation sites is 1. The van der Waals surface area contributed by atoms with Crippen LogP contribution in [0.5, 0.6) is 0 Å². The third kappa shape index (κ3) is 2.67. The van der Waals surface area contributed by atoms with Crippen LogP contribution in [0, 0.1) is 0 Å². The van der Waals surface area contributed by atoms with Gasteiger partial charge in [0.15, 0.2) is 0 Å². The Hall–Kier alpha value is -0.950. The summed E-state index contributed by atoms with van der Waals surface area (Å²) in [4.78, 5) is 12.2. The van der Waals surface area contributed by atoms with Crippen molar-refractivity contribution in [3.8, 4) is 0 Å². The molecule has 0 unspecified atom stereocenters. The molecule has 2 rings (SSSR count). The molecule has 19 heavy (non-hydrogen) atoms. The van der Waals surface area contributed by atoms with Crippen molar-refractivity contribution in [3.05, 3.63) is 41.6 Å². The second-order valence-corrected chi connectivity index (χ2v) is 5.55. The maximum Gasteiger partial charge on any atom is 0.356 e. The lowest BCUT2D eigenvalue weighted by Gasteiger charge is -2.06. The van der Waals surface area contributed by atoms with E-state index in [0.29, 0.717) is 12.3 Å². The largest absolute Gasteiger partial charge is 0.461 e. The van der Waals surface area contributed by atoms with Crippen molar-refractivity contribution in [1.82, 2.24) is 3.97 Å². The average molecular weight is 387 g/mol. The Morgan fingerprint density at radius 3 is 2.84 bits per heavy atom. The average Bonchev–Trinajstić information content (AvgIpc) is 2.74. The molecule has 1 aromatic heterocycles. The Balaban J connectivity index is 2.77. The topological polar surface area (TPSA) is 31.2 Å². The van der Waals surface area contributed by atoms with Crippen LogP contribution in [0.2, 0.25) is 0 Å². The summed E-state index contributed by atoms with van der Waals surface area (Å²) in [5.74, 6) is -0.282. The van der Waals surface area contributed by atoms with Gasteiger partial charge in [-0.05, 0) is 19.9 Å². The molecule has 0 aliphatic carbocycles. The molecule has 0 saturated carbocycles. The van der Waals surface area contributed by atoms with Gasteiger partial charge in [-0.15, -0.1) is 0 Å². The minimum absolute atomic E-state index is 0.282. The van der Waals surface area contributed by atoms with E-state index >= 15 is 0 Å². The molecule has 1 heterocycles. The number of carbonyl (C=O) groups excluding carboxylic acids is 1. The second kappa shape index (κ2) is 6.47. The van der Waals surface area contributed by atoms with E-state index in [1.807, 2.05) is 54.2 Å². The number of halogens is 1. The zero-order valence-electron chi connectivity index (χ0n) is 10.7.